The van der Waals surface area contributed by atoms with Crippen molar-refractivity contribution in [3.8, 4) is 0 Å². The summed E-state index contributed by atoms with van der Waals surface area (Å²) in [5.74, 6) is -0.546. The van der Waals surface area contributed by atoms with Crippen molar-refractivity contribution < 1.29 is 9.18 Å². The van der Waals surface area contributed by atoms with Crippen LogP contribution in [0.2, 0.25) is 0 Å². The molecule has 1 saturated carbocycles. The van der Waals surface area contributed by atoms with Crippen LogP contribution in [-0.4, -0.2) is 86.8 Å². The van der Waals surface area contributed by atoms with Gasteiger partial charge in [0.05, 0.1) is 30.5 Å². The van der Waals surface area contributed by atoms with Crippen LogP contribution in [0.1, 0.15) is 57.8 Å². The summed E-state index contributed by atoms with van der Waals surface area (Å²) in [5, 5.41) is 0. The fraction of sp³-hybridized carbons (Fsp3) is 0.680. The Morgan fingerprint density at radius 3 is 2.73 bits per heavy atom. The van der Waals surface area contributed by atoms with Gasteiger partial charge in [-0.2, -0.15) is 4.39 Å². The number of carbonyl (C=O) groups is 1. The van der Waals surface area contributed by atoms with Crippen LogP contribution in [0, 0.1) is 12.9 Å². The van der Waals surface area contributed by atoms with E-state index < -0.39 is 11.5 Å². The summed E-state index contributed by atoms with van der Waals surface area (Å²) in [6.45, 7) is 11.0. The van der Waals surface area contributed by atoms with Crippen molar-refractivity contribution in [2.45, 2.75) is 76.9 Å². The number of piperazine rings is 1. The molecule has 1 atom stereocenters. The number of carbonyl (C=O) groups excluding carboxylic acids is 1. The predicted octanol–water partition coefficient (Wildman–Crippen LogP) is 3.38. The molecule has 7 nitrogen and oxygen atoms in total. The van der Waals surface area contributed by atoms with Crippen molar-refractivity contribution in [1.82, 2.24) is 24.7 Å². The van der Waals surface area contributed by atoms with Gasteiger partial charge in [-0.25, -0.2) is 9.78 Å². The molecular formula is C25H35FN6O. The zero-order chi connectivity index (χ0) is 23.5. The third-order valence-electron chi connectivity index (χ3n) is 8.47. The first-order chi connectivity index (χ1) is 15.6. The predicted molar refractivity (Wildman–Crippen MR) is 126 cm³/mol. The van der Waals surface area contributed by atoms with Crippen LogP contribution < -0.4 is 0 Å². The van der Waals surface area contributed by atoms with E-state index >= 15 is 0 Å². The van der Waals surface area contributed by atoms with Crippen molar-refractivity contribution in [1.29, 1.82) is 0 Å². The van der Waals surface area contributed by atoms with E-state index in [2.05, 4.69) is 47.6 Å². The number of aliphatic imine (C=N–C) groups is 1. The maximum absolute atomic E-state index is 14.3. The average Bonchev–Trinajstić information content (AvgIpc) is 3.45. The Bertz CT molecular complexity index is 1040. The number of urea groups is 1. The van der Waals surface area contributed by atoms with Crippen LogP contribution >= 0.6 is 0 Å². The maximum atomic E-state index is 14.3. The third kappa shape index (κ3) is 3.57. The van der Waals surface area contributed by atoms with E-state index in [9.17, 15) is 9.18 Å². The molecule has 2 amide bonds. The standard InChI is InChI=1S/C25H35FN6O/c1-16-11-28-22(26)21(29-16)10-20-18-14-32(24(3,4)19(18)12-27-20)23(33)31-15-25(8-6-7-9-25)30(5)13-17(31)2/h11,17H,6-10,12-15H2,1-5H3/t17-/m0/s1. The van der Waals surface area contributed by atoms with Crippen LogP contribution in [0.3, 0.4) is 0 Å². The Kier molecular flexibility index (Phi) is 5.34. The van der Waals surface area contributed by atoms with Gasteiger partial charge in [-0.15, -0.1) is 0 Å². The highest BCUT2D eigenvalue weighted by Gasteiger charge is 2.50. The molecule has 1 aromatic heterocycles. The van der Waals surface area contributed by atoms with Crippen LogP contribution in [0.25, 0.3) is 0 Å². The molecule has 3 aliphatic heterocycles. The Hall–Kier alpha value is -2.35. The minimum Gasteiger partial charge on any atom is -0.319 e. The largest absolute Gasteiger partial charge is 0.321 e. The maximum Gasteiger partial charge on any atom is 0.321 e. The normalized spacial score (nSPS) is 26.4. The van der Waals surface area contributed by atoms with Gasteiger partial charge in [0, 0.05) is 36.8 Å². The summed E-state index contributed by atoms with van der Waals surface area (Å²) in [6.07, 6.45) is 6.56. The number of aryl methyl sites for hydroxylation is 1. The SMILES string of the molecule is Cc1cnc(F)c(CC2=NCC3=C2CN(C(=O)N2CC4(CCCC4)N(C)C[C@@H]2C)C3(C)C)n1. The Morgan fingerprint density at radius 2 is 2.00 bits per heavy atom. The molecule has 1 aliphatic carbocycles. The fourth-order valence-electron chi connectivity index (χ4n) is 6.33. The lowest BCUT2D eigenvalue weighted by atomic mass is 9.90. The summed E-state index contributed by atoms with van der Waals surface area (Å²) in [6, 6.07) is 0.284. The number of halogens is 1. The average molecular weight is 455 g/mol. The van der Waals surface area contributed by atoms with Crippen molar-refractivity contribution in [2.75, 3.05) is 33.2 Å². The smallest absolute Gasteiger partial charge is 0.319 e. The van der Waals surface area contributed by atoms with Gasteiger partial charge in [0.15, 0.2) is 0 Å². The summed E-state index contributed by atoms with van der Waals surface area (Å²) in [5.41, 5.74) is 3.80. The Balaban J connectivity index is 1.36. The van der Waals surface area contributed by atoms with E-state index in [0.29, 0.717) is 30.9 Å². The van der Waals surface area contributed by atoms with Crippen molar-refractivity contribution in [3.05, 3.63) is 34.7 Å². The molecule has 1 spiro atoms. The lowest BCUT2D eigenvalue weighted by Gasteiger charge is -2.52. The summed E-state index contributed by atoms with van der Waals surface area (Å²) < 4.78 is 14.3. The molecule has 0 unspecified atom stereocenters. The van der Waals surface area contributed by atoms with Gasteiger partial charge in [-0.3, -0.25) is 14.9 Å². The summed E-state index contributed by atoms with van der Waals surface area (Å²) in [7, 11) is 2.22. The van der Waals surface area contributed by atoms with E-state index in [1.165, 1.54) is 24.6 Å². The first-order valence-corrected chi connectivity index (χ1v) is 12.2. The minimum atomic E-state index is -0.546. The molecule has 1 aromatic rings. The van der Waals surface area contributed by atoms with E-state index in [1.54, 1.807) is 0 Å². The fourth-order valence-corrected chi connectivity index (χ4v) is 6.33. The molecule has 1 saturated heterocycles. The molecule has 178 valence electrons. The number of hydrogen-bond acceptors (Lipinski definition) is 5. The second kappa shape index (κ2) is 7.86. The van der Waals surface area contributed by atoms with E-state index in [1.807, 2.05) is 11.8 Å². The molecule has 0 aromatic carbocycles. The van der Waals surface area contributed by atoms with Gasteiger partial charge in [0.2, 0.25) is 5.95 Å². The van der Waals surface area contributed by atoms with Gasteiger partial charge < -0.3 is 9.80 Å². The molecule has 5 rings (SSSR count). The molecule has 0 radical (unpaired) electrons. The third-order valence-corrected chi connectivity index (χ3v) is 8.47. The van der Waals surface area contributed by atoms with Crippen molar-refractivity contribution in [3.63, 3.8) is 0 Å². The zero-order valence-electron chi connectivity index (χ0n) is 20.5. The number of nitrogens with zero attached hydrogens (tertiary/aromatic N) is 6. The highest BCUT2D eigenvalue weighted by molar-refractivity contribution is 6.06. The van der Waals surface area contributed by atoms with Crippen LogP contribution in [0.4, 0.5) is 9.18 Å². The van der Waals surface area contributed by atoms with E-state index in [-0.39, 0.29) is 17.6 Å². The topological polar surface area (TPSA) is 64.9 Å². The van der Waals surface area contributed by atoms with Gasteiger partial charge in [-0.05, 0) is 58.7 Å². The zero-order valence-corrected chi connectivity index (χ0v) is 20.5. The second-order valence-corrected chi connectivity index (χ2v) is 10.9. The Morgan fingerprint density at radius 1 is 1.27 bits per heavy atom. The second-order valence-electron chi connectivity index (χ2n) is 10.9. The van der Waals surface area contributed by atoms with E-state index in [0.717, 1.165) is 37.2 Å². The number of aromatic nitrogens is 2. The highest BCUT2D eigenvalue weighted by Crippen LogP contribution is 2.42. The molecule has 4 aliphatic rings. The van der Waals surface area contributed by atoms with Gasteiger partial charge in [0.25, 0.3) is 0 Å². The molecule has 33 heavy (non-hydrogen) atoms. The number of hydrogen-bond donors (Lipinski definition) is 0. The first-order valence-electron chi connectivity index (χ1n) is 12.2. The molecule has 8 heteroatoms. The van der Waals surface area contributed by atoms with Crippen LogP contribution in [0.5, 0.6) is 0 Å². The molecule has 2 fully saturated rings. The molecule has 4 heterocycles. The summed E-state index contributed by atoms with van der Waals surface area (Å²) >= 11 is 0. The van der Waals surface area contributed by atoms with Gasteiger partial charge in [-0.1, -0.05) is 12.8 Å². The monoisotopic (exact) mass is 454 g/mol. The first kappa shape index (κ1) is 22.4. The van der Waals surface area contributed by atoms with Gasteiger partial charge in [0.1, 0.15) is 5.69 Å². The number of rotatable bonds is 2. The van der Waals surface area contributed by atoms with Crippen LogP contribution in [-0.2, 0) is 6.42 Å². The minimum absolute atomic E-state index is 0.113. The highest BCUT2D eigenvalue weighted by atomic mass is 19.1. The van der Waals surface area contributed by atoms with Crippen molar-refractivity contribution >= 4 is 11.7 Å². The molecule has 0 N–H and O–H groups in total. The molecular weight excluding hydrogens is 419 g/mol. The quantitative estimate of drug-likeness (QED) is 0.687. The Labute approximate surface area is 195 Å². The number of amides is 2. The van der Waals surface area contributed by atoms with Crippen molar-refractivity contribution in [2.24, 2.45) is 4.99 Å². The number of likely N-dealkylation sites (N-methyl/N-ethyl adjacent to an activating group) is 1. The van der Waals surface area contributed by atoms with E-state index in [4.69, 9.17) is 4.99 Å². The lowest BCUT2D eigenvalue weighted by molar-refractivity contribution is -0.00351. The summed E-state index contributed by atoms with van der Waals surface area (Å²) in [4.78, 5) is 33.4. The van der Waals surface area contributed by atoms with Gasteiger partial charge >= 0.3 is 6.03 Å². The molecule has 0 bridgehead atoms. The van der Waals surface area contributed by atoms with Crippen LogP contribution in [0.15, 0.2) is 22.3 Å². The lowest BCUT2D eigenvalue weighted by Crippen LogP contribution is -2.66.